The van der Waals surface area contributed by atoms with Crippen molar-refractivity contribution in [2.75, 3.05) is 0 Å². The minimum atomic E-state index is -0.0921. The Bertz CT molecular complexity index is 540. The van der Waals surface area contributed by atoms with Crippen molar-refractivity contribution in [2.24, 2.45) is 13.0 Å². The van der Waals surface area contributed by atoms with Crippen molar-refractivity contribution in [2.45, 2.75) is 39.5 Å². The van der Waals surface area contributed by atoms with Crippen LogP contribution in [0.15, 0.2) is 16.9 Å². The normalized spacial score (nSPS) is 19.7. The first-order valence-electron chi connectivity index (χ1n) is 6.65. The van der Waals surface area contributed by atoms with E-state index >= 15 is 0 Å². The zero-order valence-electron chi connectivity index (χ0n) is 11.4. The van der Waals surface area contributed by atoms with Crippen LogP contribution in [0.3, 0.4) is 0 Å². The van der Waals surface area contributed by atoms with E-state index in [-0.39, 0.29) is 11.3 Å². The van der Waals surface area contributed by atoms with Gasteiger partial charge in [-0.1, -0.05) is 13.8 Å². The molecular formula is C15H21NO2. The smallest absolute Gasteiger partial charge is 0.261 e. The summed E-state index contributed by atoms with van der Waals surface area (Å²) in [5.41, 5.74) is 2.69. The zero-order chi connectivity index (χ0) is 13.3. The number of rotatable bonds is 2. The molecule has 0 radical (unpaired) electrons. The van der Waals surface area contributed by atoms with Gasteiger partial charge < -0.3 is 9.67 Å². The van der Waals surface area contributed by atoms with Gasteiger partial charge >= 0.3 is 0 Å². The molecule has 98 valence electrons. The number of hydrogen-bond donors (Lipinski definition) is 1. The standard InChI is InChI=1S/C15H21NO2/c1-4-5-14(17)12-9-11-8-10(2)6-7-13(11)16(3)15(12)18/h5,9-10,17H,4,6-8H2,1-3H3/b14-5+. The van der Waals surface area contributed by atoms with E-state index in [2.05, 4.69) is 6.92 Å². The number of allylic oxidation sites excluding steroid dienone is 1. The first kappa shape index (κ1) is 12.9. The molecule has 1 atom stereocenters. The third kappa shape index (κ3) is 2.22. The Balaban J connectivity index is 2.58. The predicted molar refractivity (Wildman–Crippen MR) is 73.8 cm³/mol. The molecule has 1 aliphatic carbocycles. The summed E-state index contributed by atoms with van der Waals surface area (Å²) in [5.74, 6) is 0.763. The van der Waals surface area contributed by atoms with Crippen molar-refractivity contribution < 1.29 is 5.11 Å². The summed E-state index contributed by atoms with van der Waals surface area (Å²) in [6.45, 7) is 4.18. The molecule has 0 saturated carbocycles. The molecule has 0 spiro atoms. The molecular weight excluding hydrogens is 226 g/mol. The molecule has 0 fully saturated rings. The Labute approximate surface area is 108 Å². The van der Waals surface area contributed by atoms with Crippen molar-refractivity contribution in [3.63, 3.8) is 0 Å². The minimum Gasteiger partial charge on any atom is -0.507 e. The van der Waals surface area contributed by atoms with E-state index in [0.717, 1.165) is 31.4 Å². The van der Waals surface area contributed by atoms with E-state index in [1.165, 1.54) is 5.56 Å². The van der Waals surface area contributed by atoms with Crippen molar-refractivity contribution in [1.82, 2.24) is 4.57 Å². The Morgan fingerprint density at radius 3 is 3.00 bits per heavy atom. The summed E-state index contributed by atoms with van der Waals surface area (Å²) in [6.07, 6.45) is 5.50. The lowest BCUT2D eigenvalue weighted by molar-refractivity contribution is 0.476. The molecule has 1 unspecified atom stereocenters. The van der Waals surface area contributed by atoms with Crippen molar-refractivity contribution in [3.8, 4) is 0 Å². The number of pyridine rings is 1. The van der Waals surface area contributed by atoms with E-state index in [9.17, 15) is 9.90 Å². The first-order chi connectivity index (χ1) is 8.54. The molecule has 0 amide bonds. The van der Waals surface area contributed by atoms with Gasteiger partial charge in [-0.2, -0.15) is 0 Å². The highest BCUT2D eigenvalue weighted by molar-refractivity contribution is 5.58. The quantitative estimate of drug-likeness (QED) is 0.816. The van der Waals surface area contributed by atoms with Gasteiger partial charge in [-0.3, -0.25) is 4.79 Å². The molecule has 0 aliphatic heterocycles. The minimum absolute atomic E-state index is 0.0921. The Morgan fingerprint density at radius 2 is 2.33 bits per heavy atom. The lowest BCUT2D eigenvalue weighted by Gasteiger charge is -2.24. The Kier molecular flexibility index (Phi) is 3.60. The number of nitrogens with zero attached hydrogens (tertiary/aromatic N) is 1. The summed E-state index contributed by atoms with van der Waals surface area (Å²) in [4.78, 5) is 12.2. The van der Waals surface area contributed by atoms with Crippen LogP contribution >= 0.6 is 0 Å². The predicted octanol–water partition coefficient (Wildman–Crippen LogP) is 2.82. The fourth-order valence-corrected chi connectivity index (χ4v) is 2.69. The van der Waals surface area contributed by atoms with Crippen LogP contribution in [0.4, 0.5) is 0 Å². The van der Waals surface area contributed by atoms with Crippen LogP contribution < -0.4 is 5.56 Å². The molecule has 1 N–H and O–H groups in total. The fraction of sp³-hybridized carbons (Fsp3) is 0.533. The molecule has 0 aromatic carbocycles. The zero-order valence-corrected chi connectivity index (χ0v) is 11.4. The molecule has 3 heteroatoms. The maximum absolute atomic E-state index is 12.2. The molecule has 2 rings (SSSR count). The SMILES string of the molecule is CC/C=C(/O)c1cc2c(n(C)c1=O)CCC(C)C2. The maximum atomic E-state index is 12.2. The number of fused-ring (bicyclic) bond motifs is 1. The van der Waals surface area contributed by atoms with E-state index in [1.807, 2.05) is 13.0 Å². The average Bonchev–Trinajstić information content (AvgIpc) is 2.33. The summed E-state index contributed by atoms with van der Waals surface area (Å²) >= 11 is 0. The molecule has 18 heavy (non-hydrogen) atoms. The highest BCUT2D eigenvalue weighted by atomic mass is 16.3. The maximum Gasteiger partial charge on any atom is 0.261 e. The Morgan fingerprint density at radius 1 is 1.61 bits per heavy atom. The summed E-state index contributed by atoms with van der Waals surface area (Å²) < 4.78 is 1.70. The van der Waals surface area contributed by atoms with Gasteiger partial charge in [0.1, 0.15) is 5.76 Å². The van der Waals surface area contributed by atoms with Gasteiger partial charge in [-0.25, -0.2) is 0 Å². The first-order valence-corrected chi connectivity index (χ1v) is 6.65. The van der Waals surface area contributed by atoms with Crippen LogP contribution in [0.2, 0.25) is 0 Å². The van der Waals surface area contributed by atoms with Gasteiger partial charge in [0, 0.05) is 12.7 Å². The number of hydrogen-bond acceptors (Lipinski definition) is 2. The van der Waals surface area contributed by atoms with Gasteiger partial charge in [-0.15, -0.1) is 0 Å². The van der Waals surface area contributed by atoms with Gasteiger partial charge in [0.05, 0.1) is 5.56 Å². The van der Waals surface area contributed by atoms with Gasteiger partial charge in [0.15, 0.2) is 0 Å². The molecule has 0 bridgehead atoms. The van der Waals surface area contributed by atoms with E-state index in [4.69, 9.17) is 0 Å². The highest BCUT2D eigenvalue weighted by Crippen LogP contribution is 2.25. The van der Waals surface area contributed by atoms with E-state index in [0.29, 0.717) is 11.5 Å². The second kappa shape index (κ2) is 5.01. The second-order valence-electron chi connectivity index (χ2n) is 5.24. The monoisotopic (exact) mass is 247 g/mol. The van der Waals surface area contributed by atoms with Crippen LogP contribution in [0.25, 0.3) is 5.76 Å². The lowest BCUT2D eigenvalue weighted by Crippen LogP contribution is -2.28. The molecule has 1 heterocycles. The highest BCUT2D eigenvalue weighted by Gasteiger charge is 2.20. The van der Waals surface area contributed by atoms with E-state index < -0.39 is 0 Å². The van der Waals surface area contributed by atoms with Crippen LogP contribution in [-0.4, -0.2) is 9.67 Å². The molecule has 1 aliphatic rings. The largest absolute Gasteiger partial charge is 0.507 e. The molecule has 1 aromatic heterocycles. The summed E-state index contributed by atoms with van der Waals surface area (Å²) in [7, 11) is 1.81. The van der Waals surface area contributed by atoms with Crippen molar-refractivity contribution in [3.05, 3.63) is 39.3 Å². The fourth-order valence-electron chi connectivity index (χ4n) is 2.69. The van der Waals surface area contributed by atoms with Gasteiger partial charge in [0.2, 0.25) is 0 Å². The van der Waals surface area contributed by atoms with Crippen LogP contribution in [-0.2, 0) is 19.9 Å². The number of aromatic nitrogens is 1. The molecule has 1 aromatic rings. The topological polar surface area (TPSA) is 42.2 Å². The van der Waals surface area contributed by atoms with Gasteiger partial charge in [0.25, 0.3) is 5.56 Å². The summed E-state index contributed by atoms with van der Waals surface area (Å²) in [5, 5.41) is 9.94. The molecule has 0 saturated heterocycles. The van der Waals surface area contributed by atoms with Crippen LogP contribution in [0, 0.1) is 5.92 Å². The summed E-state index contributed by atoms with van der Waals surface area (Å²) in [6, 6.07) is 1.88. The van der Waals surface area contributed by atoms with Crippen molar-refractivity contribution >= 4 is 5.76 Å². The second-order valence-corrected chi connectivity index (χ2v) is 5.24. The van der Waals surface area contributed by atoms with Crippen molar-refractivity contribution in [1.29, 1.82) is 0 Å². The lowest BCUT2D eigenvalue weighted by atomic mass is 9.87. The van der Waals surface area contributed by atoms with E-state index in [1.54, 1.807) is 17.7 Å². The molecule has 3 nitrogen and oxygen atoms in total. The number of aliphatic hydroxyl groups excluding tert-OH is 1. The van der Waals surface area contributed by atoms with Gasteiger partial charge in [-0.05, 0) is 49.3 Å². The third-order valence-corrected chi connectivity index (χ3v) is 3.74. The number of aliphatic hydroxyl groups is 1. The Hall–Kier alpha value is -1.51. The third-order valence-electron chi connectivity index (χ3n) is 3.74. The van der Waals surface area contributed by atoms with Crippen LogP contribution in [0.5, 0.6) is 0 Å². The van der Waals surface area contributed by atoms with Crippen LogP contribution in [0.1, 0.15) is 43.5 Å². The average molecular weight is 247 g/mol.